The summed E-state index contributed by atoms with van der Waals surface area (Å²) in [5, 5.41) is 3.01. The number of nitrogens with zero attached hydrogens (tertiary/aromatic N) is 1. The van der Waals surface area contributed by atoms with Gasteiger partial charge >= 0.3 is 0 Å². The predicted molar refractivity (Wildman–Crippen MR) is 131 cm³/mol. The molecule has 5 heteroatoms. The first-order chi connectivity index (χ1) is 15.7. The van der Waals surface area contributed by atoms with Crippen LogP contribution >= 0.6 is 11.8 Å². The fourth-order valence-corrected chi connectivity index (χ4v) is 4.25. The maximum absolute atomic E-state index is 13.5. The first kappa shape index (κ1) is 23.6. The normalized spacial score (nSPS) is 11.5. The van der Waals surface area contributed by atoms with Crippen molar-refractivity contribution in [3.8, 4) is 0 Å². The molecule has 0 aliphatic heterocycles. The minimum absolute atomic E-state index is 0.0460. The zero-order valence-electron chi connectivity index (χ0n) is 18.4. The van der Waals surface area contributed by atoms with Gasteiger partial charge in [0.25, 0.3) is 0 Å². The number of carbonyl (C=O) groups excluding carboxylic acids is 2. The molecule has 4 nitrogen and oxygen atoms in total. The number of thioether (sulfide) groups is 1. The van der Waals surface area contributed by atoms with Crippen molar-refractivity contribution in [1.29, 1.82) is 0 Å². The molecule has 3 aromatic carbocycles. The van der Waals surface area contributed by atoms with Crippen LogP contribution in [-0.4, -0.2) is 35.1 Å². The highest BCUT2D eigenvalue weighted by molar-refractivity contribution is 8.00. The lowest BCUT2D eigenvalue weighted by Crippen LogP contribution is -2.51. The quantitative estimate of drug-likeness (QED) is 0.424. The van der Waals surface area contributed by atoms with Gasteiger partial charge in [0.2, 0.25) is 11.8 Å². The molecule has 0 saturated heterocycles. The van der Waals surface area contributed by atoms with Gasteiger partial charge < -0.3 is 10.2 Å². The van der Waals surface area contributed by atoms with Crippen LogP contribution in [0.25, 0.3) is 0 Å². The molecule has 0 aliphatic carbocycles. The molecule has 0 unspecified atom stereocenters. The Hall–Kier alpha value is -3.05. The van der Waals surface area contributed by atoms with Gasteiger partial charge in [0.15, 0.2) is 0 Å². The van der Waals surface area contributed by atoms with E-state index in [4.69, 9.17) is 0 Å². The Morgan fingerprint density at radius 1 is 0.844 bits per heavy atom. The Balaban J connectivity index is 1.86. The highest BCUT2D eigenvalue weighted by Gasteiger charge is 2.30. The molecule has 0 bridgehead atoms. The minimum atomic E-state index is -0.576. The van der Waals surface area contributed by atoms with Crippen molar-refractivity contribution in [1.82, 2.24) is 10.2 Å². The third kappa shape index (κ3) is 7.27. The van der Waals surface area contributed by atoms with Crippen LogP contribution in [0.1, 0.15) is 24.5 Å². The number of nitrogens with one attached hydrogen (secondary N) is 1. The SMILES string of the molecule is CCCNC(=O)[C@@H](Cc1ccccc1)N(Cc1ccccc1)C(=O)CSc1ccccc1. The summed E-state index contributed by atoms with van der Waals surface area (Å²) < 4.78 is 0. The van der Waals surface area contributed by atoms with E-state index >= 15 is 0 Å². The molecule has 0 radical (unpaired) electrons. The van der Waals surface area contributed by atoms with Gasteiger partial charge in [-0.1, -0.05) is 85.8 Å². The molecule has 3 aromatic rings. The van der Waals surface area contributed by atoms with Crippen molar-refractivity contribution in [2.75, 3.05) is 12.3 Å². The number of carbonyl (C=O) groups is 2. The molecule has 0 fully saturated rings. The number of amides is 2. The molecule has 0 heterocycles. The number of rotatable bonds is 11. The Labute approximate surface area is 195 Å². The molecule has 1 N–H and O–H groups in total. The fourth-order valence-electron chi connectivity index (χ4n) is 3.44. The Morgan fingerprint density at radius 3 is 2.00 bits per heavy atom. The van der Waals surface area contributed by atoms with Crippen LogP contribution in [-0.2, 0) is 22.6 Å². The van der Waals surface area contributed by atoms with Gasteiger partial charge in [-0.2, -0.15) is 0 Å². The summed E-state index contributed by atoms with van der Waals surface area (Å²) in [5.74, 6) is 0.128. The van der Waals surface area contributed by atoms with E-state index in [-0.39, 0.29) is 17.6 Å². The average molecular weight is 447 g/mol. The largest absolute Gasteiger partial charge is 0.354 e. The van der Waals surface area contributed by atoms with Crippen molar-refractivity contribution in [3.63, 3.8) is 0 Å². The van der Waals surface area contributed by atoms with E-state index in [0.717, 1.165) is 22.4 Å². The Bertz CT molecular complexity index is 965. The molecule has 166 valence electrons. The van der Waals surface area contributed by atoms with E-state index in [2.05, 4.69) is 5.32 Å². The van der Waals surface area contributed by atoms with Crippen LogP contribution in [0.2, 0.25) is 0 Å². The van der Waals surface area contributed by atoms with Crippen LogP contribution in [0.4, 0.5) is 0 Å². The summed E-state index contributed by atoms with van der Waals surface area (Å²) in [6.07, 6.45) is 1.32. The number of hydrogen-bond acceptors (Lipinski definition) is 3. The van der Waals surface area contributed by atoms with Gasteiger partial charge in [-0.3, -0.25) is 9.59 Å². The number of hydrogen-bond donors (Lipinski definition) is 1. The third-order valence-corrected chi connectivity index (χ3v) is 6.12. The van der Waals surface area contributed by atoms with Gasteiger partial charge in [0.1, 0.15) is 6.04 Å². The van der Waals surface area contributed by atoms with E-state index in [1.807, 2.05) is 97.9 Å². The van der Waals surface area contributed by atoms with E-state index in [0.29, 0.717) is 19.5 Å². The highest BCUT2D eigenvalue weighted by Crippen LogP contribution is 2.20. The molecule has 2 amide bonds. The van der Waals surface area contributed by atoms with Crippen molar-refractivity contribution >= 4 is 23.6 Å². The summed E-state index contributed by atoms with van der Waals surface area (Å²) >= 11 is 1.50. The van der Waals surface area contributed by atoms with E-state index in [1.165, 1.54) is 11.8 Å². The van der Waals surface area contributed by atoms with Crippen molar-refractivity contribution in [2.45, 2.75) is 37.2 Å². The fraction of sp³-hybridized carbons (Fsp3) is 0.259. The first-order valence-electron chi connectivity index (χ1n) is 11.0. The Morgan fingerprint density at radius 2 is 1.41 bits per heavy atom. The van der Waals surface area contributed by atoms with Crippen LogP contribution in [0.3, 0.4) is 0 Å². The zero-order chi connectivity index (χ0) is 22.6. The van der Waals surface area contributed by atoms with E-state index in [9.17, 15) is 9.59 Å². The van der Waals surface area contributed by atoms with Gasteiger partial charge in [-0.25, -0.2) is 0 Å². The second-order valence-electron chi connectivity index (χ2n) is 7.61. The second-order valence-corrected chi connectivity index (χ2v) is 8.65. The zero-order valence-corrected chi connectivity index (χ0v) is 19.3. The maximum Gasteiger partial charge on any atom is 0.243 e. The number of benzene rings is 3. The smallest absolute Gasteiger partial charge is 0.243 e. The third-order valence-electron chi connectivity index (χ3n) is 5.12. The standard InChI is InChI=1S/C27H30N2O2S/c1-2-18-28-27(31)25(19-22-12-6-3-7-13-22)29(20-23-14-8-4-9-15-23)26(30)21-32-24-16-10-5-11-17-24/h3-17,25H,2,18-21H2,1H3,(H,28,31)/t25-/m1/s1. The van der Waals surface area contributed by atoms with Gasteiger partial charge in [0, 0.05) is 24.4 Å². The van der Waals surface area contributed by atoms with Crippen molar-refractivity contribution in [3.05, 3.63) is 102 Å². The minimum Gasteiger partial charge on any atom is -0.354 e. The highest BCUT2D eigenvalue weighted by atomic mass is 32.2. The van der Waals surface area contributed by atoms with E-state index < -0.39 is 6.04 Å². The van der Waals surface area contributed by atoms with E-state index in [1.54, 1.807) is 4.90 Å². The molecule has 1 atom stereocenters. The van der Waals surface area contributed by atoms with Crippen LogP contribution in [0, 0.1) is 0 Å². The summed E-state index contributed by atoms with van der Waals surface area (Å²) in [5.41, 5.74) is 2.04. The second kappa shape index (κ2) is 12.7. The summed E-state index contributed by atoms with van der Waals surface area (Å²) in [7, 11) is 0. The lowest BCUT2D eigenvalue weighted by Gasteiger charge is -2.31. The van der Waals surface area contributed by atoms with Gasteiger partial charge in [-0.05, 0) is 29.7 Å². The molecule has 0 saturated carbocycles. The predicted octanol–water partition coefficient (Wildman–Crippen LogP) is 4.95. The molecule has 0 aliphatic rings. The monoisotopic (exact) mass is 446 g/mol. The van der Waals surface area contributed by atoms with Crippen molar-refractivity contribution in [2.24, 2.45) is 0 Å². The summed E-state index contributed by atoms with van der Waals surface area (Å²) in [6.45, 7) is 3.01. The summed E-state index contributed by atoms with van der Waals surface area (Å²) in [6, 6.07) is 29.1. The maximum atomic E-state index is 13.5. The lowest BCUT2D eigenvalue weighted by atomic mass is 10.0. The van der Waals surface area contributed by atoms with Crippen molar-refractivity contribution < 1.29 is 9.59 Å². The molecular formula is C27H30N2O2S. The van der Waals surface area contributed by atoms with Crippen LogP contribution in [0.5, 0.6) is 0 Å². The average Bonchev–Trinajstić information content (AvgIpc) is 2.85. The van der Waals surface area contributed by atoms with Gasteiger partial charge in [-0.15, -0.1) is 11.8 Å². The summed E-state index contributed by atoms with van der Waals surface area (Å²) in [4.78, 5) is 29.4. The van der Waals surface area contributed by atoms with Crippen LogP contribution < -0.4 is 5.32 Å². The first-order valence-corrected chi connectivity index (χ1v) is 12.0. The molecule has 3 rings (SSSR count). The Kier molecular flexibility index (Phi) is 9.38. The van der Waals surface area contributed by atoms with Gasteiger partial charge in [0.05, 0.1) is 5.75 Å². The molecular weight excluding hydrogens is 416 g/mol. The van der Waals surface area contributed by atoms with Crippen LogP contribution in [0.15, 0.2) is 95.9 Å². The molecule has 32 heavy (non-hydrogen) atoms. The lowest BCUT2D eigenvalue weighted by molar-refractivity contribution is -0.139. The molecule has 0 spiro atoms. The topological polar surface area (TPSA) is 49.4 Å². The molecule has 0 aromatic heterocycles.